The minimum absolute atomic E-state index is 0.00153. The van der Waals surface area contributed by atoms with E-state index in [4.69, 9.17) is 0 Å². The third-order valence-corrected chi connectivity index (χ3v) is 4.18. The number of carbonyl (C=O) groups excluding carboxylic acids is 3. The van der Waals surface area contributed by atoms with Crippen LogP contribution in [0.2, 0.25) is 0 Å². The zero-order chi connectivity index (χ0) is 18.0. The maximum Gasteiger partial charge on any atom is 0.337 e. The first-order valence-electron chi connectivity index (χ1n) is 7.90. The van der Waals surface area contributed by atoms with Gasteiger partial charge in [-0.15, -0.1) is 0 Å². The van der Waals surface area contributed by atoms with Gasteiger partial charge in [0.05, 0.1) is 12.7 Å². The number of methoxy groups -OCH3 is 1. The van der Waals surface area contributed by atoms with E-state index in [-0.39, 0.29) is 11.8 Å². The molecule has 1 aliphatic rings. The lowest BCUT2D eigenvalue weighted by atomic mass is 10.1. The molecule has 0 radical (unpaired) electrons. The van der Waals surface area contributed by atoms with Crippen LogP contribution in [0.4, 0.5) is 11.4 Å². The van der Waals surface area contributed by atoms with Gasteiger partial charge in [-0.25, -0.2) is 4.79 Å². The molecule has 2 amide bonds. The van der Waals surface area contributed by atoms with E-state index in [9.17, 15) is 14.4 Å². The summed E-state index contributed by atoms with van der Waals surface area (Å²) in [6.07, 6.45) is 0.740. The molecule has 0 saturated carbocycles. The molecule has 0 bridgehead atoms. The fourth-order valence-corrected chi connectivity index (χ4v) is 2.88. The highest BCUT2D eigenvalue weighted by Gasteiger charge is 2.23. The zero-order valence-corrected chi connectivity index (χ0v) is 14.0. The number of benzene rings is 2. The molecular formula is C19H18N2O4. The maximum absolute atomic E-state index is 12.4. The van der Waals surface area contributed by atoms with Crippen molar-refractivity contribution >= 4 is 29.2 Å². The number of esters is 1. The number of nitrogens with zero attached hydrogens (tertiary/aromatic N) is 1. The lowest BCUT2D eigenvalue weighted by molar-refractivity contribution is -0.116. The summed E-state index contributed by atoms with van der Waals surface area (Å²) < 4.78 is 4.64. The third kappa shape index (κ3) is 3.38. The van der Waals surface area contributed by atoms with Crippen molar-refractivity contribution in [3.05, 3.63) is 59.2 Å². The molecular weight excluding hydrogens is 320 g/mol. The molecule has 1 heterocycles. The fraction of sp³-hybridized carbons (Fsp3) is 0.211. The average Bonchev–Trinajstić information content (AvgIpc) is 3.05. The minimum Gasteiger partial charge on any atom is -0.465 e. The molecule has 128 valence electrons. The van der Waals surface area contributed by atoms with E-state index < -0.39 is 5.97 Å². The van der Waals surface area contributed by atoms with Gasteiger partial charge in [0.2, 0.25) is 5.91 Å². The topological polar surface area (TPSA) is 75.7 Å². The number of nitrogens with one attached hydrogen (secondary N) is 1. The van der Waals surface area contributed by atoms with Crippen molar-refractivity contribution in [2.45, 2.75) is 13.3 Å². The smallest absolute Gasteiger partial charge is 0.337 e. The van der Waals surface area contributed by atoms with Gasteiger partial charge in [0.25, 0.3) is 5.91 Å². The van der Waals surface area contributed by atoms with Crippen molar-refractivity contribution in [3.63, 3.8) is 0 Å². The fourth-order valence-electron chi connectivity index (χ4n) is 2.88. The van der Waals surface area contributed by atoms with Crippen LogP contribution in [0.1, 0.15) is 33.2 Å². The molecule has 6 heteroatoms. The molecule has 0 spiro atoms. The summed E-state index contributed by atoms with van der Waals surface area (Å²) in [4.78, 5) is 37.1. The van der Waals surface area contributed by atoms with Crippen molar-refractivity contribution in [2.24, 2.45) is 0 Å². The number of amides is 2. The molecule has 0 aromatic heterocycles. The average molecular weight is 338 g/mol. The summed E-state index contributed by atoms with van der Waals surface area (Å²) in [5, 5.41) is 2.80. The summed E-state index contributed by atoms with van der Waals surface area (Å²) in [6, 6.07) is 11.8. The Morgan fingerprint density at radius 2 is 1.72 bits per heavy atom. The van der Waals surface area contributed by atoms with E-state index in [0.29, 0.717) is 23.4 Å². The van der Waals surface area contributed by atoms with Crippen LogP contribution in [-0.2, 0) is 16.0 Å². The van der Waals surface area contributed by atoms with Gasteiger partial charge in [-0.2, -0.15) is 0 Å². The molecule has 0 unspecified atom stereocenters. The molecule has 0 aliphatic carbocycles. The van der Waals surface area contributed by atoms with Gasteiger partial charge < -0.3 is 15.0 Å². The highest BCUT2D eigenvalue weighted by Crippen LogP contribution is 2.29. The van der Waals surface area contributed by atoms with Gasteiger partial charge in [-0.05, 0) is 54.4 Å². The van der Waals surface area contributed by atoms with E-state index >= 15 is 0 Å². The van der Waals surface area contributed by atoms with Gasteiger partial charge >= 0.3 is 5.97 Å². The lowest BCUT2D eigenvalue weighted by Gasteiger charge is -2.14. The van der Waals surface area contributed by atoms with Crippen molar-refractivity contribution in [3.8, 4) is 0 Å². The van der Waals surface area contributed by atoms with E-state index in [2.05, 4.69) is 10.1 Å². The molecule has 0 atom stereocenters. The van der Waals surface area contributed by atoms with Crippen LogP contribution >= 0.6 is 0 Å². The van der Waals surface area contributed by atoms with E-state index in [1.54, 1.807) is 41.3 Å². The van der Waals surface area contributed by atoms with Gasteiger partial charge in [-0.3, -0.25) is 9.59 Å². The predicted molar refractivity (Wildman–Crippen MR) is 93.9 cm³/mol. The van der Waals surface area contributed by atoms with Crippen LogP contribution in [0.15, 0.2) is 42.5 Å². The Labute approximate surface area is 145 Å². The van der Waals surface area contributed by atoms with Gasteiger partial charge in [-0.1, -0.05) is 0 Å². The second kappa shape index (κ2) is 6.76. The number of anilines is 2. The standard InChI is InChI=1S/C19H18N2O4/c1-12(22)21-10-9-14-11-15(5-8-17(14)21)18(23)20-16-6-3-13(4-7-16)19(24)25-2/h3-8,11H,9-10H2,1-2H3,(H,20,23). The van der Waals surface area contributed by atoms with E-state index in [1.807, 2.05) is 6.07 Å². The number of ether oxygens (including phenoxy) is 1. The Morgan fingerprint density at radius 3 is 2.36 bits per heavy atom. The Kier molecular flexibility index (Phi) is 4.52. The largest absolute Gasteiger partial charge is 0.465 e. The van der Waals surface area contributed by atoms with Gasteiger partial charge in [0, 0.05) is 30.4 Å². The van der Waals surface area contributed by atoms with Crippen LogP contribution in [0.5, 0.6) is 0 Å². The SMILES string of the molecule is COC(=O)c1ccc(NC(=O)c2ccc3c(c2)CCN3C(C)=O)cc1. The Bertz CT molecular complexity index is 843. The van der Waals surface area contributed by atoms with Gasteiger partial charge in [0.15, 0.2) is 0 Å². The van der Waals surface area contributed by atoms with Crippen LogP contribution in [0.3, 0.4) is 0 Å². The van der Waals surface area contributed by atoms with Gasteiger partial charge in [0.1, 0.15) is 0 Å². The normalized spacial score (nSPS) is 12.5. The monoisotopic (exact) mass is 338 g/mol. The minimum atomic E-state index is -0.425. The summed E-state index contributed by atoms with van der Waals surface area (Å²) in [5.74, 6) is -0.664. The predicted octanol–water partition coefficient (Wildman–Crippen LogP) is 2.63. The van der Waals surface area contributed by atoms with E-state index in [0.717, 1.165) is 17.7 Å². The van der Waals surface area contributed by atoms with Crippen LogP contribution in [0.25, 0.3) is 0 Å². The number of carbonyl (C=O) groups is 3. The number of hydrogen-bond acceptors (Lipinski definition) is 4. The van der Waals surface area contributed by atoms with E-state index in [1.165, 1.54) is 14.0 Å². The van der Waals surface area contributed by atoms with Crippen molar-refractivity contribution in [1.82, 2.24) is 0 Å². The van der Waals surface area contributed by atoms with Crippen molar-refractivity contribution in [1.29, 1.82) is 0 Å². The van der Waals surface area contributed by atoms with Crippen LogP contribution in [-0.4, -0.2) is 31.4 Å². The number of hydrogen-bond donors (Lipinski definition) is 1. The van der Waals surface area contributed by atoms with Crippen LogP contribution in [0, 0.1) is 0 Å². The first-order valence-corrected chi connectivity index (χ1v) is 7.90. The summed E-state index contributed by atoms with van der Waals surface area (Å²) in [7, 11) is 1.32. The lowest BCUT2D eigenvalue weighted by Crippen LogP contribution is -2.25. The zero-order valence-electron chi connectivity index (χ0n) is 14.0. The second-order valence-corrected chi connectivity index (χ2v) is 5.79. The van der Waals surface area contributed by atoms with Crippen molar-refractivity contribution in [2.75, 3.05) is 23.9 Å². The quantitative estimate of drug-likeness (QED) is 0.873. The molecule has 0 fully saturated rings. The highest BCUT2D eigenvalue weighted by molar-refractivity contribution is 6.05. The first kappa shape index (κ1) is 16.7. The highest BCUT2D eigenvalue weighted by atomic mass is 16.5. The summed E-state index contributed by atoms with van der Waals surface area (Å²) >= 11 is 0. The van der Waals surface area contributed by atoms with Crippen LogP contribution < -0.4 is 10.2 Å². The molecule has 1 N–H and O–H groups in total. The number of fused-ring (bicyclic) bond motifs is 1. The third-order valence-electron chi connectivity index (χ3n) is 4.18. The molecule has 1 aliphatic heterocycles. The number of rotatable bonds is 3. The molecule has 6 nitrogen and oxygen atoms in total. The van der Waals surface area contributed by atoms with Crippen molar-refractivity contribution < 1.29 is 19.1 Å². The Morgan fingerprint density at radius 1 is 1.04 bits per heavy atom. The molecule has 0 saturated heterocycles. The molecule has 2 aromatic carbocycles. The molecule has 3 rings (SSSR count). The molecule has 25 heavy (non-hydrogen) atoms. The Hall–Kier alpha value is -3.15. The maximum atomic E-state index is 12.4. The summed E-state index contributed by atoms with van der Waals surface area (Å²) in [5.41, 5.74) is 3.39. The first-order chi connectivity index (χ1) is 12.0. The summed E-state index contributed by atoms with van der Waals surface area (Å²) in [6.45, 7) is 2.18. The molecule has 2 aromatic rings. The second-order valence-electron chi connectivity index (χ2n) is 5.79. The Balaban J connectivity index is 1.74.